The van der Waals surface area contributed by atoms with Gasteiger partial charge in [-0.1, -0.05) is 13.8 Å². The Morgan fingerprint density at radius 3 is 2.32 bits per heavy atom. The quantitative estimate of drug-likeness (QED) is 0.803. The number of anilines is 1. The van der Waals surface area contributed by atoms with Crippen molar-refractivity contribution in [1.82, 2.24) is 4.90 Å². The van der Waals surface area contributed by atoms with Gasteiger partial charge in [-0.15, -0.1) is 0 Å². The summed E-state index contributed by atoms with van der Waals surface area (Å²) in [6, 6.07) is 7.59. The first kappa shape index (κ1) is 16.3. The van der Waals surface area contributed by atoms with Gasteiger partial charge in [0.1, 0.15) is 0 Å². The molecule has 120 valence electrons. The third-order valence-corrected chi connectivity index (χ3v) is 4.06. The molecule has 1 heterocycles. The van der Waals surface area contributed by atoms with Gasteiger partial charge in [0.2, 0.25) is 5.91 Å². The molecule has 5 heteroatoms. The fourth-order valence-electron chi connectivity index (χ4n) is 2.78. The maximum atomic E-state index is 12.2. The Kier molecular flexibility index (Phi) is 5.06. The van der Waals surface area contributed by atoms with E-state index in [1.165, 1.54) is 7.11 Å². The van der Waals surface area contributed by atoms with E-state index in [4.69, 9.17) is 4.74 Å². The second-order valence-electron chi connectivity index (χ2n) is 6.02. The summed E-state index contributed by atoms with van der Waals surface area (Å²) in [6.07, 6.45) is 0. The number of rotatable bonds is 3. The molecule has 0 unspecified atom stereocenters. The number of benzene rings is 1. The molecule has 0 aromatic heterocycles. The van der Waals surface area contributed by atoms with Crippen LogP contribution in [0.25, 0.3) is 0 Å². The van der Waals surface area contributed by atoms with Crippen LogP contribution in [-0.4, -0.2) is 49.6 Å². The van der Waals surface area contributed by atoms with Crippen molar-refractivity contribution >= 4 is 17.6 Å². The van der Waals surface area contributed by atoms with Gasteiger partial charge in [-0.2, -0.15) is 0 Å². The minimum Gasteiger partial charge on any atom is -0.465 e. The molecule has 0 spiro atoms. The van der Waals surface area contributed by atoms with Crippen LogP contribution in [0.5, 0.6) is 0 Å². The molecule has 1 aliphatic rings. The number of hydrogen-bond donors (Lipinski definition) is 0. The second-order valence-corrected chi connectivity index (χ2v) is 6.02. The Morgan fingerprint density at radius 1 is 1.18 bits per heavy atom. The minimum absolute atomic E-state index is 0.0355. The second kappa shape index (κ2) is 6.81. The Hall–Kier alpha value is -2.04. The first-order valence-electron chi connectivity index (χ1n) is 7.68. The lowest BCUT2D eigenvalue weighted by Crippen LogP contribution is -2.55. The van der Waals surface area contributed by atoms with Crippen LogP contribution in [-0.2, 0) is 9.53 Å². The fourth-order valence-corrected chi connectivity index (χ4v) is 2.78. The van der Waals surface area contributed by atoms with Crippen LogP contribution in [0.3, 0.4) is 0 Å². The van der Waals surface area contributed by atoms with Crippen molar-refractivity contribution in [2.24, 2.45) is 5.92 Å². The number of esters is 1. The van der Waals surface area contributed by atoms with Crippen LogP contribution >= 0.6 is 0 Å². The van der Waals surface area contributed by atoms with E-state index in [-0.39, 0.29) is 23.8 Å². The predicted molar refractivity (Wildman–Crippen MR) is 86.0 cm³/mol. The lowest BCUT2D eigenvalue weighted by Gasteiger charge is -2.41. The van der Waals surface area contributed by atoms with Gasteiger partial charge in [0, 0.05) is 37.3 Å². The van der Waals surface area contributed by atoms with Crippen molar-refractivity contribution < 1.29 is 14.3 Å². The molecule has 2 rings (SSSR count). The molecule has 0 N–H and O–H groups in total. The van der Waals surface area contributed by atoms with E-state index < -0.39 is 0 Å². The molecule has 1 aromatic carbocycles. The zero-order valence-corrected chi connectivity index (χ0v) is 13.7. The lowest BCUT2D eigenvalue weighted by atomic mass is 10.1. The van der Waals surface area contributed by atoms with Gasteiger partial charge in [-0.25, -0.2) is 4.79 Å². The van der Waals surface area contributed by atoms with Gasteiger partial charge in [-0.3, -0.25) is 4.79 Å². The van der Waals surface area contributed by atoms with E-state index in [0.717, 1.165) is 25.3 Å². The fraction of sp³-hybridized carbons (Fsp3) is 0.529. The molecule has 5 nitrogen and oxygen atoms in total. The van der Waals surface area contributed by atoms with Gasteiger partial charge in [0.05, 0.1) is 12.7 Å². The van der Waals surface area contributed by atoms with Gasteiger partial charge >= 0.3 is 5.97 Å². The van der Waals surface area contributed by atoms with Crippen molar-refractivity contribution in [2.45, 2.75) is 26.8 Å². The number of methoxy groups -OCH3 is 1. The first-order valence-corrected chi connectivity index (χ1v) is 7.68. The zero-order valence-electron chi connectivity index (χ0n) is 13.7. The molecule has 1 atom stereocenters. The monoisotopic (exact) mass is 304 g/mol. The summed E-state index contributed by atoms with van der Waals surface area (Å²) in [5, 5.41) is 0. The van der Waals surface area contributed by atoms with E-state index in [0.29, 0.717) is 5.56 Å². The summed E-state index contributed by atoms with van der Waals surface area (Å²) >= 11 is 0. The van der Waals surface area contributed by atoms with Crippen LogP contribution < -0.4 is 4.90 Å². The molecule has 0 bridgehead atoms. The highest BCUT2D eigenvalue weighted by Gasteiger charge is 2.28. The van der Waals surface area contributed by atoms with E-state index in [2.05, 4.69) is 11.8 Å². The highest BCUT2D eigenvalue weighted by molar-refractivity contribution is 5.89. The standard InChI is InChI=1S/C17H24N2O3/c1-12(2)16(20)19-10-9-18(11-13(19)3)15-7-5-14(6-8-15)17(21)22-4/h5-8,12-13H,9-11H2,1-4H3/t13-/m0/s1. The van der Waals surface area contributed by atoms with Crippen molar-refractivity contribution in [3.05, 3.63) is 29.8 Å². The van der Waals surface area contributed by atoms with Crippen LogP contribution in [0.2, 0.25) is 0 Å². The molecular formula is C17H24N2O3. The summed E-state index contributed by atoms with van der Waals surface area (Å²) in [5.74, 6) is -0.0752. The Balaban J connectivity index is 2.04. The smallest absolute Gasteiger partial charge is 0.337 e. The highest BCUT2D eigenvalue weighted by atomic mass is 16.5. The minimum atomic E-state index is -0.327. The number of hydrogen-bond acceptors (Lipinski definition) is 4. The van der Waals surface area contributed by atoms with Crippen molar-refractivity contribution in [3.63, 3.8) is 0 Å². The number of ether oxygens (including phenoxy) is 1. The van der Waals surface area contributed by atoms with Crippen molar-refractivity contribution in [3.8, 4) is 0 Å². The topological polar surface area (TPSA) is 49.9 Å². The van der Waals surface area contributed by atoms with Crippen molar-refractivity contribution in [1.29, 1.82) is 0 Å². The first-order chi connectivity index (χ1) is 10.4. The summed E-state index contributed by atoms with van der Waals surface area (Å²) in [6.45, 7) is 8.29. The number of carbonyl (C=O) groups is 2. The van der Waals surface area contributed by atoms with Crippen LogP contribution in [0.15, 0.2) is 24.3 Å². The number of amides is 1. The van der Waals surface area contributed by atoms with E-state index in [9.17, 15) is 9.59 Å². The summed E-state index contributed by atoms with van der Waals surface area (Å²) in [4.78, 5) is 27.8. The predicted octanol–water partition coefficient (Wildman–Crippen LogP) is 2.17. The molecule has 22 heavy (non-hydrogen) atoms. The highest BCUT2D eigenvalue weighted by Crippen LogP contribution is 2.21. The Labute approximate surface area is 131 Å². The van der Waals surface area contributed by atoms with E-state index in [1.807, 2.05) is 30.9 Å². The maximum Gasteiger partial charge on any atom is 0.337 e. The molecular weight excluding hydrogens is 280 g/mol. The van der Waals surface area contributed by atoms with E-state index >= 15 is 0 Å². The largest absolute Gasteiger partial charge is 0.465 e. The number of carbonyl (C=O) groups excluding carboxylic acids is 2. The van der Waals surface area contributed by atoms with Gasteiger partial charge in [-0.05, 0) is 31.2 Å². The molecule has 0 aliphatic carbocycles. The maximum absolute atomic E-state index is 12.2. The van der Waals surface area contributed by atoms with Crippen LogP contribution in [0.1, 0.15) is 31.1 Å². The third kappa shape index (κ3) is 3.40. The number of piperazine rings is 1. The molecule has 1 aromatic rings. The van der Waals surface area contributed by atoms with Crippen molar-refractivity contribution in [2.75, 3.05) is 31.6 Å². The lowest BCUT2D eigenvalue weighted by molar-refractivity contribution is -0.136. The Bertz CT molecular complexity index is 539. The Morgan fingerprint density at radius 2 is 1.82 bits per heavy atom. The molecule has 0 saturated carbocycles. The molecule has 0 radical (unpaired) electrons. The molecule has 1 fully saturated rings. The average Bonchev–Trinajstić information content (AvgIpc) is 2.53. The van der Waals surface area contributed by atoms with Gasteiger partial charge < -0.3 is 14.5 Å². The van der Waals surface area contributed by atoms with Crippen LogP contribution in [0, 0.1) is 5.92 Å². The SMILES string of the molecule is COC(=O)c1ccc(N2CCN(C(=O)C(C)C)[C@@H](C)C2)cc1. The van der Waals surface area contributed by atoms with E-state index in [1.54, 1.807) is 12.1 Å². The molecule has 1 aliphatic heterocycles. The number of nitrogens with zero attached hydrogens (tertiary/aromatic N) is 2. The third-order valence-electron chi connectivity index (χ3n) is 4.06. The van der Waals surface area contributed by atoms with Gasteiger partial charge in [0.15, 0.2) is 0 Å². The average molecular weight is 304 g/mol. The van der Waals surface area contributed by atoms with Crippen LogP contribution in [0.4, 0.5) is 5.69 Å². The van der Waals surface area contributed by atoms with Gasteiger partial charge in [0.25, 0.3) is 0 Å². The molecule has 1 saturated heterocycles. The summed E-state index contributed by atoms with van der Waals surface area (Å²) < 4.78 is 4.70. The summed E-state index contributed by atoms with van der Waals surface area (Å²) in [7, 11) is 1.38. The summed E-state index contributed by atoms with van der Waals surface area (Å²) in [5.41, 5.74) is 1.61. The molecule has 1 amide bonds. The normalized spacial score (nSPS) is 18.5. The zero-order chi connectivity index (χ0) is 16.3.